The summed E-state index contributed by atoms with van der Waals surface area (Å²) in [6.45, 7) is 4.80. The monoisotopic (exact) mass is 654 g/mol. The molecule has 0 spiro atoms. The van der Waals surface area contributed by atoms with Gasteiger partial charge < -0.3 is 31.5 Å². The van der Waals surface area contributed by atoms with Crippen molar-refractivity contribution in [1.29, 1.82) is 0 Å². The van der Waals surface area contributed by atoms with E-state index in [1.807, 2.05) is 31.2 Å². The van der Waals surface area contributed by atoms with Gasteiger partial charge in [0.25, 0.3) is 5.91 Å². The van der Waals surface area contributed by atoms with Crippen LogP contribution in [0.2, 0.25) is 0 Å². The molecule has 3 atom stereocenters. The third kappa shape index (κ3) is 12.8. The number of halogens is 2. The van der Waals surface area contributed by atoms with Crippen LogP contribution < -0.4 is 21.7 Å². The van der Waals surface area contributed by atoms with Crippen molar-refractivity contribution in [1.82, 2.24) is 16.0 Å². The van der Waals surface area contributed by atoms with E-state index >= 15 is 0 Å². The van der Waals surface area contributed by atoms with Crippen molar-refractivity contribution in [2.75, 3.05) is 31.2 Å². The number of nitrogens with two attached hydrogens (primary N) is 1. The minimum Gasteiger partial charge on any atom is -0.462 e. The Bertz CT molecular complexity index is 1390. The van der Waals surface area contributed by atoms with Crippen LogP contribution in [0.25, 0.3) is 0 Å². The molecule has 0 radical (unpaired) electrons. The maximum Gasteiger partial charge on any atom is 0.337 e. The molecule has 0 aliphatic carbocycles. The fourth-order valence-electron chi connectivity index (χ4n) is 4.53. The second-order valence-electron chi connectivity index (χ2n) is 11.0. The Kier molecular flexibility index (Phi) is 15.0. The van der Waals surface area contributed by atoms with Crippen LogP contribution in [0.4, 0.5) is 8.78 Å². The second kappa shape index (κ2) is 17.9. The van der Waals surface area contributed by atoms with Gasteiger partial charge in [0.1, 0.15) is 18.2 Å². The third-order valence-corrected chi connectivity index (χ3v) is 8.78. The smallest absolute Gasteiger partial charge is 0.337 e. The first-order valence-corrected chi connectivity index (χ1v) is 16.6. The maximum atomic E-state index is 14.0. The van der Waals surface area contributed by atoms with Crippen LogP contribution in [-0.2, 0) is 48.3 Å². The number of carbonyl (C=O) groups is 3. The van der Waals surface area contributed by atoms with Crippen LogP contribution in [0, 0.1) is 11.6 Å². The summed E-state index contributed by atoms with van der Waals surface area (Å²) in [5.41, 5.74) is 5.62. The van der Waals surface area contributed by atoms with Gasteiger partial charge in [-0.25, -0.2) is 22.0 Å². The molecule has 14 heteroatoms. The second-order valence-corrected chi connectivity index (χ2v) is 13.2. The van der Waals surface area contributed by atoms with Gasteiger partial charge in [-0.3, -0.25) is 9.59 Å². The molecule has 2 rings (SSSR count). The molecule has 0 aliphatic heterocycles. The van der Waals surface area contributed by atoms with Crippen LogP contribution >= 0.6 is 0 Å². The molecular formula is C31H44F2N4O7S. The average Bonchev–Trinajstić information content (AvgIpc) is 2.96. The van der Waals surface area contributed by atoms with Gasteiger partial charge in [-0.1, -0.05) is 44.5 Å². The minimum absolute atomic E-state index is 0.0866. The number of hydrogen-bond acceptors (Lipinski definition) is 9. The molecule has 0 bridgehead atoms. The number of sulfone groups is 1. The SMILES string of the molecule is CCCCS(=O)(=O)C[C@@](N)(C(=O)N[C@@H](Cc1cc(F)cc(F)c1)[C@H](O)CNCc1cccc(CC)c1)C(=O)OCCNC(C)=O. The summed E-state index contributed by atoms with van der Waals surface area (Å²) >= 11 is 0. The highest BCUT2D eigenvalue weighted by Gasteiger charge is 2.48. The van der Waals surface area contributed by atoms with Crippen molar-refractivity contribution in [2.24, 2.45) is 5.73 Å². The maximum absolute atomic E-state index is 14.0. The number of hydrogen-bond donors (Lipinski definition) is 5. The van der Waals surface area contributed by atoms with Crippen molar-refractivity contribution >= 4 is 27.6 Å². The molecule has 0 aliphatic rings. The lowest BCUT2D eigenvalue weighted by molar-refractivity contribution is -0.154. The lowest BCUT2D eigenvalue weighted by Crippen LogP contribution is -2.66. The summed E-state index contributed by atoms with van der Waals surface area (Å²) in [4.78, 5) is 37.9. The van der Waals surface area contributed by atoms with Gasteiger partial charge in [0.15, 0.2) is 9.84 Å². The van der Waals surface area contributed by atoms with Crippen LogP contribution in [0.3, 0.4) is 0 Å². The quantitative estimate of drug-likeness (QED) is 0.0849. The number of aliphatic hydroxyl groups is 1. The molecule has 250 valence electrons. The van der Waals surface area contributed by atoms with Crippen LogP contribution in [0.15, 0.2) is 42.5 Å². The van der Waals surface area contributed by atoms with Crippen LogP contribution in [0.1, 0.15) is 50.3 Å². The summed E-state index contributed by atoms with van der Waals surface area (Å²) in [6.07, 6.45) is -0.0362. The number of aryl methyl sites for hydroxylation is 1. The predicted molar refractivity (Wildman–Crippen MR) is 166 cm³/mol. The molecule has 0 saturated carbocycles. The van der Waals surface area contributed by atoms with Gasteiger partial charge in [-0.15, -0.1) is 0 Å². The molecule has 0 aromatic heterocycles. The molecule has 0 unspecified atom stereocenters. The predicted octanol–water partition coefficient (Wildman–Crippen LogP) is 1.30. The third-order valence-electron chi connectivity index (χ3n) is 6.98. The molecule has 11 nitrogen and oxygen atoms in total. The van der Waals surface area contributed by atoms with Gasteiger partial charge in [0.05, 0.1) is 30.2 Å². The Morgan fingerprint density at radius 1 is 1.04 bits per heavy atom. The molecule has 2 amide bonds. The largest absolute Gasteiger partial charge is 0.462 e. The lowest BCUT2D eigenvalue weighted by atomic mass is 9.97. The summed E-state index contributed by atoms with van der Waals surface area (Å²) in [5, 5.41) is 19.1. The highest BCUT2D eigenvalue weighted by Crippen LogP contribution is 2.16. The summed E-state index contributed by atoms with van der Waals surface area (Å²) in [7, 11) is -4.04. The molecule has 0 heterocycles. The zero-order valence-corrected chi connectivity index (χ0v) is 26.7. The Morgan fingerprint density at radius 3 is 2.33 bits per heavy atom. The van der Waals surface area contributed by atoms with Gasteiger partial charge in [0.2, 0.25) is 11.4 Å². The zero-order chi connectivity index (χ0) is 33.6. The van der Waals surface area contributed by atoms with E-state index in [9.17, 15) is 36.7 Å². The first kappa shape index (κ1) is 37.7. The first-order valence-electron chi connectivity index (χ1n) is 14.8. The highest BCUT2D eigenvalue weighted by molar-refractivity contribution is 7.91. The van der Waals surface area contributed by atoms with E-state index in [-0.39, 0.29) is 37.2 Å². The van der Waals surface area contributed by atoms with Gasteiger partial charge in [0, 0.05) is 26.1 Å². The zero-order valence-electron chi connectivity index (χ0n) is 25.9. The lowest BCUT2D eigenvalue weighted by Gasteiger charge is -2.31. The summed E-state index contributed by atoms with van der Waals surface area (Å²) in [6, 6.07) is 9.23. The van der Waals surface area contributed by atoms with Gasteiger partial charge in [-0.2, -0.15) is 0 Å². The Labute approximate surface area is 263 Å². The number of ether oxygens (including phenoxy) is 1. The van der Waals surface area contributed by atoms with Gasteiger partial charge >= 0.3 is 5.97 Å². The molecule has 6 N–H and O–H groups in total. The number of aliphatic hydroxyl groups excluding tert-OH is 1. The Balaban J connectivity index is 2.33. The Hall–Kier alpha value is -3.46. The molecule has 0 fully saturated rings. The van der Waals surface area contributed by atoms with Crippen molar-refractivity contribution in [3.8, 4) is 0 Å². The molecular weight excluding hydrogens is 610 g/mol. The molecule has 45 heavy (non-hydrogen) atoms. The number of benzene rings is 2. The van der Waals surface area contributed by atoms with E-state index in [4.69, 9.17) is 10.5 Å². The normalized spacial score (nSPS) is 14.2. The van der Waals surface area contributed by atoms with Crippen LogP contribution in [-0.4, -0.2) is 80.2 Å². The number of nitrogens with one attached hydrogen (secondary N) is 3. The number of esters is 1. The number of amides is 2. The number of rotatable bonds is 19. The molecule has 0 saturated heterocycles. The number of carbonyl (C=O) groups excluding carboxylic acids is 3. The standard InChI is InChI=1S/C31H44F2N4O7S/c1-4-6-12-45(42,43)20-31(34,30(41)44-11-10-36-21(3)38)29(40)37-27(16-24-14-25(32)17-26(33)15-24)28(39)19-35-18-23-9-7-8-22(5-2)13-23/h7-9,13-15,17,27-28,35,39H,4-6,10-12,16,18-20,34H2,1-3H3,(H,36,38)(H,37,40)/t27-,28+,31+/m0/s1. The van der Waals surface area contributed by atoms with Crippen molar-refractivity contribution in [3.63, 3.8) is 0 Å². The van der Waals surface area contributed by atoms with Crippen LogP contribution in [0.5, 0.6) is 0 Å². The van der Waals surface area contributed by atoms with Crippen molar-refractivity contribution in [3.05, 3.63) is 70.8 Å². The summed E-state index contributed by atoms with van der Waals surface area (Å²) in [5.74, 6) is -6.20. The first-order chi connectivity index (χ1) is 21.2. The van der Waals surface area contributed by atoms with E-state index in [1.54, 1.807) is 6.92 Å². The van der Waals surface area contributed by atoms with E-state index in [0.29, 0.717) is 19.0 Å². The van der Waals surface area contributed by atoms with E-state index in [0.717, 1.165) is 29.7 Å². The fourth-order valence-corrected chi connectivity index (χ4v) is 6.34. The van der Waals surface area contributed by atoms with E-state index < -0.39 is 69.3 Å². The van der Waals surface area contributed by atoms with Crippen molar-refractivity contribution < 1.29 is 41.4 Å². The highest BCUT2D eigenvalue weighted by atomic mass is 32.2. The molecule has 2 aromatic rings. The molecule has 2 aromatic carbocycles. The van der Waals surface area contributed by atoms with E-state index in [2.05, 4.69) is 16.0 Å². The fraction of sp³-hybridized carbons (Fsp3) is 0.516. The average molecular weight is 655 g/mol. The number of unbranched alkanes of at least 4 members (excludes halogenated alkanes) is 1. The van der Waals surface area contributed by atoms with E-state index in [1.165, 1.54) is 6.92 Å². The topological polar surface area (TPSA) is 177 Å². The van der Waals surface area contributed by atoms with Gasteiger partial charge in [-0.05, 0) is 48.1 Å². The van der Waals surface area contributed by atoms with Crippen molar-refractivity contribution in [2.45, 2.75) is 70.7 Å². The Morgan fingerprint density at radius 2 is 1.71 bits per heavy atom. The summed E-state index contributed by atoms with van der Waals surface area (Å²) < 4.78 is 58.8. The minimum atomic E-state index is -4.04.